The van der Waals surface area contributed by atoms with Crippen LogP contribution in [0.2, 0.25) is 0 Å². The number of rotatable bonds is 21. The van der Waals surface area contributed by atoms with Crippen molar-refractivity contribution < 1.29 is 47.4 Å². The molecule has 6 amide bonds. The first-order chi connectivity index (χ1) is 27.3. The lowest BCUT2D eigenvalue weighted by Crippen LogP contribution is -2.58. The van der Waals surface area contributed by atoms with E-state index in [1.54, 1.807) is 88.5 Å². The molecule has 58 heavy (non-hydrogen) atoms. The Balaban J connectivity index is 1.61. The van der Waals surface area contributed by atoms with Gasteiger partial charge in [0.1, 0.15) is 30.2 Å². The highest BCUT2D eigenvalue weighted by Gasteiger charge is 2.34. The van der Waals surface area contributed by atoms with Crippen LogP contribution in [0.5, 0.6) is 0 Å². The van der Waals surface area contributed by atoms with E-state index in [-0.39, 0.29) is 18.8 Å². The Labute approximate surface area is 335 Å². The summed E-state index contributed by atoms with van der Waals surface area (Å²) in [4.78, 5) is 92.7. The van der Waals surface area contributed by atoms with Gasteiger partial charge < -0.3 is 47.7 Å². The van der Waals surface area contributed by atoms with Gasteiger partial charge in [0.2, 0.25) is 35.7 Å². The Kier molecular flexibility index (Phi) is 17.3. The van der Waals surface area contributed by atoms with Gasteiger partial charge in [-0.15, -0.1) is 0 Å². The molecule has 0 saturated heterocycles. The fraction of sp³-hybridized carbons (Fsp3) is 0.475. The summed E-state index contributed by atoms with van der Waals surface area (Å²) in [6.07, 6.45) is -3.92. The smallest absolute Gasteiger partial charge is 0.326 e. The number of benzene rings is 2. The van der Waals surface area contributed by atoms with Gasteiger partial charge in [-0.1, -0.05) is 76.2 Å². The minimum absolute atomic E-state index is 0.0255. The van der Waals surface area contributed by atoms with Crippen LogP contribution in [0.3, 0.4) is 0 Å². The largest absolute Gasteiger partial charge is 0.480 e. The number of H-pyrrole nitrogens is 1. The van der Waals surface area contributed by atoms with Crippen molar-refractivity contribution in [3.63, 3.8) is 0 Å². The normalized spacial score (nSPS) is 15.5. The molecule has 1 aromatic heterocycles. The second-order valence-electron chi connectivity index (χ2n) is 14.8. The molecule has 0 spiro atoms. The Morgan fingerprint density at radius 3 is 1.83 bits per heavy atom. The molecule has 10 N–H and O–H groups in total. The molecule has 316 valence electrons. The van der Waals surface area contributed by atoms with E-state index in [2.05, 4.69) is 36.9 Å². The zero-order valence-corrected chi connectivity index (χ0v) is 33.3. The lowest BCUT2D eigenvalue weighted by Gasteiger charge is -2.26. The van der Waals surface area contributed by atoms with Gasteiger partial charge in [-0.05, 0) is 42.9 Å². The highest BCUT2D eigenvalue weighted by atomic mass is 19.2. The van der Waals surface area contributed by atoms with Crippen LogP contribution in [0.1, 0.15) is 52.7 Å². The standard InChI is InChI=1S/C40H54F2N8O8/c1-20(2)32(43)38(55)47-22(5)34(51)48-29(17-25-18-44-28-15-11-10-14-26(25)28)36(53)45-19-27(41)31(42)37(54)46-23(6)35(52)50-33(21(3)4)39(56)49-30(40(57)58)16-24-12-8-7-9-13-24/h7-15,18,20-23,27,29-33,44H,16-17,19,43H2,1-6H3,(H,45,53)(H,46,54)(H,47,55)(H,48,51)(H,49,56)(H,50,52)(H,57,58)/t22-,23-,27+,29-,30+,31-,32-,33-/m1/s1. The van der Waals surface area contributed by atoms with Gasteiger partial charge in [-0.3, -0.25) is 28.8 Å². The monoisotopic (exact) mass is 812 g/mol. The van der Waals surface area contributed by atoms with Gasteiger partial charge >= 0.3 is 5.97 Å². The van der Waals surface area contributed by atoms with Gasteiger partial charge in [0.05, 0.1) is 12.6 Å². The number of aromatic nitrogens is 1. The van der Waals surface area contributed by atoms with Crippen LogP contribution in [-0.2, 0) is 46.4 Å². The summed E-state index contributed by atoms with van der Waals surface area (Å²) >= 11 is 0. The van der Waals surface area contributed by atoms with Crippen molar-refractivity contribution in [1.29, 1.82) is 0 Å². The first kappa shape index (κ1) is 46.5. The van der Waals surface area contributed by atoms with Crippen LogP contribution in [-0.4, -0.2) is 107 Å². The number of hydrogen-bond acceptors (Lipinski definition) is 8. The Hall–Kier alpha value is -5.91. The number of carbonyl (C=O) groups is 7. The van der Waals surface area contributed by atoms with Crippen LogP contribution in [0.15, 0.2) is 60.8 Å². The van der Waals surface area contributed by atoms with Crippen LogP contribution < -0.4 is 37.6 Å². The predicted molar refractivity (Wildman–Crippen MR) is 211 cm³/mol. The number of carboxylic acids is 1. The minimum atomic E-state index is -2.85. The summed E-state index contributed by atoms with van der Waals surface area (Å²) in [5.74, 6) is -7.54. The van der Waals surface area contributed by atoms with Crippen LogP contribution in [0.4, 0.5) is 8.78 Å². The van der Waals surface area contributed by atoms with E-state index in [4.69, 9.17) is 5.73 Å². The first-order valence-electron chi connectivity index (χ1n) is 19.0. The van der Waals surface area contributed by atoms with Crippen LogP contribution in [0, 0.1) is 11.8 Å². The number of fused-ring (bicyclic) bond motifs is 1. The molecular formula is C40H54F2N8O8. The molecule has 16 nitrogen and oxygen atoms in total. The number of para-hydroxylation sites is 1. The fourth-order valence-electron chi connectivity index (χ4n) is 5.78. The first-order valence-corrected chi connectivity index (χ1v) is 19.0. The highest BCUT2D eigenvalue weighted by molar-refractivity contribution is 5.95. The van der Waals surface area contributed by atoms with E-state index >= 15 is 8.78 Å². The zero-order valence-electron chi connectivity index (χ0n) is 33.3. The van der Waals surface area contributed by atoms with Crippen molar-refractivity contribution in [3.8, 4) is 0 Å². The summed E-state index contributed by atoms with van der Waals surface area (Å²) in [6.45, 7) is 8.24. The molecule has 0 aliphatic rings. The van der Waals surface area contributed by atoms with E-state index < -0.39 is 102 Å². The Bertz CT molecular complexity index is 1910. The second-order valence-corrected chi connectivity index (χ2v) is 14.8. The minimum Gasteiger partial charge on any atom is -0.480 e. The number of aliphatic carboxylic acids is 1. The van der Waals surface area contributed by atoms with Crippen molar-refractivity contribution in [2.24, 2.45) is 17.6 Å². The number of amides is 6. The van der Waals surface area contributed by atoms with Crippen molar-refractivity contribution >= 4 is 52.3 Å². The molecule has 8 atom stereocenters. The van der Waals surface area contributed by atoms with Gasteiger partial charge in [-0.2, -0.15) is 0 Å². The molecule has 1 heterocycles. The lowest BCUT2D eigenvalue weighted by atomic mass is 10.0. The summed E-state index contributed by atoms with van der Waals surface area (Å²) < 4.78 is 30.3. The molecule has 0 aliphatic carbocycles. The fourth-order valence-corrected chi connectivity index (χ4v) is 5.78. The van der Waals surface area contributed by atoms with Crippen LogP contribution in [0.25, 0.3) is 10.9 Å². The topological polar surface area (TPSA) is 254 Å². The average molecular weight is 813 g/mol. The third-order valence-corrected chi connectivity index (χ3v) is 9.44. The summed E-state index contributed by atoms with van der Waals surface area (Å²) in [7, 11) is 0. The van der Waals surface area contributed by atoms with E-state index in [1.807, 2.05) is 0 Å². The third kappa shape index (κ3) is 13.3. The van der Waals surface area contributed by atoms with Crippen LogP contribution >= 0.6 is 0 Å². The molecule has 2 aromatic carbocycles. The van der Waals surface area contributed by atoms with Gasteiger partial charge in [0.15, 0.2) is 6.17 Å². The molecular weight excluding hydrogens is 758 g/mol. The number of carboxylic acid groups (broad SMARTS) is 1. The average Bonchev–Trinajstić information content (AvgIpc) is 3.59. The van der Waals surface area contributed by atoms with E-state index in [0.717, 1.165) is 10.9 Å². The number of hydrogen-bond donors (Lipinski definition) is 9. The maximum Gasteiger partial charge on any atom is 0.326 e. The van der Waals surface area contributed by atoms with Crippen molar-refractivity contribution in [1.82, 2.24) is 36.9 Å². The van der Waals surface area contributed by atoms with Crippen molar-refractivity contribution in [2.45, 2.75) is 103 Å². The summed E-state index contributed by atoms with van der Waals surface area (Å²) in [6, 6.07) is 8.39. The molecule has 0 aliphatic heterocycles. The molecule has 0 bridgehead atoms. The van der Waals surface area contributed by atoms with Crippen molar-refractivity contribution in [3.05, 3.63) is 71.9 Å². The SMILES string of the molecule is CC(C)[C@@H](N)C(=O)N[C@H](C)C(=O)N[C@H](Cc1c[nH]c2ccccc12)C(=O)NC[C@H](F)[C@@H](F)C(=O)N[C@H](C)C(=O)N[C@@H](C(=O)N[C@@H](Cc1ccccc1)C(=O)O)C(C)C. The van der Waals surface area contributed by atoms with Gasteiger partial charge in [0.25, 0.3) is 5.91 Å². The van der Waals surface area contributed by atoms with Gasteiger partial charge in [0, 0.05) is 29.9 Å². The van der Waals surface area contributed by atoms with E-state index in [9.17, 15) is 38.7 Å². The number of nitrogens with two attached hydrogens (primary N) is 1. The number of halogens is 2. The molecule has 3 rings (SSSR count). The maximum absolute atomic E-state index is 15.1. The van der Waals surface area contributed by atoms with E-state index in [1.165, 1.54) is 13.8 Å². The number of carbonyl (C=O) groups excluding carboxylic acids is 6. The maximum atomic E-state index is 15.1. The quantitative estimate of drug-likeness (QED) is 0.0741. The third-order valence-electron chi connectivity index (χ3n) is 9.44. The molecule has 0 radical (unpaired) electrons. The number of alkyl halides is 2. The zero-order chi connectivity index (χ0) is 43.3. The molecule has 0 saturated carbocycles. The van der Waals surface area contributed by atoms with Gasteiger partial charge in [-0.25, -0.2) is 13.6 Å². The summed E-state index contributed by atoms with van der Waals surface area (Å²) in [5, 5.41) is 24.6. The Morgan fingerprint density at radius 2 is 1.22 bits per heavy atom. The lowest BCUT2D eigenvalue weighted by molar-refractivity contribution is -0.142. The Morgan fingerprint density at radius 1 is 0.655 bits per heavy atom. The molecule has 0 fully saturated rings. The predicted octanol–water partition coefficient (Wildman–Crippen LogP) is 0.933. The molecule has 18 heteroatoms. The number of nitrogens with one attached hydrogen (secondary N) is 7. The second kappa shape index (κ2) is 21.6. The van der Waals surface area contributed by atoms with Crippen molar-refractivity contribution in [2.75, 3.05) is 6.54 Å². The van der Waals surface area contributed by atoms with E-state index in [0.29, 0.717) is 11.1 Å². The summed E-state index contributed by atoms with van der Waals surface area (Å²) in [5.41, 5.74) is 7.90. The highest BCUT2D eigenvalue weighted by Crippen LogP contribution is 2.19. The number of aromatic amines is 1. The molecule has 3 aromatic rings. The molecule has 0 unspecified atom stereocenters.